The Kier molecular flexibility index (Phi) is 4.44. The summed E-state index contributed by atoms with van der Waals surface area (Å²) < 4.78 is 7.00. The molecule has 0 aliphatic carbocycles. The lowest BCUT2D eigenvalue weighted by molar-refractivity contribution is -0.128. The molecule has 3 heterocycles. The van der Waals surface area contributed by atoms with Gasteiger partial charge in [0.15, 0.2) is 0 Å². The van der Waals surface area contributed by atoms with Crippen LogP contribution in [0.5, 0.6) is 0 Å². The highest BCUT2D eigenvalue weighted by Gasteiger charge is 2.30. The quantitative estimate of drug-likeness (QED) is 0.819. The number of nitrogens with zero attached hydrogens (tertiary/aromatic N) is 4. The van der Waals surface area contributed by atoms with Crippen molar-refractivity contribution >= 4 is 22.2 Å². The number of fused-ring (bicyclic) bond motifs is 1. The number of hydrogen-bond acceptors (Lipinski definition) is 5. The predicted molar refractivity (Wildman–Crippen MR) is 84.7 cm³/mol. The van der Waals surface area contributed by atoms with E-state index >= 15 is 0 Å². The molecule has 120 valence electrons. The first-order valence-electron chi connectivity index (χ1n) is 7.73. The number of carbonyl (C=O) groups is 1. The fourth-order valence-electron chi connectivity index (χ4n) is 3.08. The van der Waals surface area contributed by atoms with Gasteiger partial charge in [0.05, 0.1) is 24.5 Å². The van der Waals surface area contributed by atoms with Crippen LogP contribution in [0.1, 0.15) is 42.6 Å². The molecular weight excluding hydrogens is 300 g/mol. The van der Waals surface area contributed by atoms with Gasteiger partial charge in [-0.15, -0.1) is 0 Å². The SMILES string of the molecule is CCCC1CC(=O)N(Cc2c(C)nc3sc(COC)nn23)C1. The number of likely N-dealkylation sites (tertiary alicyclic amines) is 1. The molecule has 2 aromatic heterocycles. The Bertz CT molecular complexity index is 678. The van der Waals surface area contributed by atoms with Crippen molar-refractivity contribution in [3.8, 4) is 0 Å². The van der Waals surface area contributed by atoms with E-state index in [0.717, 1.165) is 40.7 Å². The van der Waals surface area contributed by atoms with Crippen LogP contribution in [0, 0.1) is 12.8 Å². The molecule has 1 saturated heterocycles. The maximum absolute atomic E-state index is 12.2. The number of ether oxygens (including phenoxy) is 1. The summed E-state index contributed by atoms with van der Waals surface area (Å²) in [5.74, 6) is 0.751. The van der Waals surface area contributed by atoms with Gasteiger partial charge >= 0.3 is 0 Å². The second-order valence-electron chi connectivity index (χ2n) is 5.90. The van der Waals surface area contributed by atoms with Crippen molar-refractivity contribution in [2.24, 2.45) is 5.92 Å². The first-order valence-corrected chi connectivity index (χ1v) is 8.54. The molecule has 6 nitrogen and oxygen atoms in total. The van der Waals surface area contributed by atoms with E-state index < -0.39 is 0 Å². The van der Waals surface area contributed by atoms with Crippen LogP contribution >= 0.6 is 11.3 Å². The summed E-state index contributed by atoms with van der Waals surface area (Å²) in [4.78, 5) is 19.6. The van der Waals surface area contributed by atoms with Gasteiger partial charge in [-0.1, -0.05) is 24.7 Å². The number of methoxy groups -OCH3 is 1. The summed E-state index contributed by atoms with van der Waals surface area (Å²) in [6.45, 7) is 6.10. The van der Waals surface area contributed by atoms with E-state index in [4.69, 9.17) is 4.74 Å². The van der Waals surface area contributed by atoms with E-state index in [0.29, 0.717) is 25.5 Å². The molecule has 7 heteroatoms. The molecule has 0 aromatic carbocycles. The van der Waals surface area contributed by atoms with E-state index in [2.05, 4.69) is 17.0 Å². The van der Waals surface area contributed by atoms with E-state index in [1.807, 2.05) is 16.3 Å². The van der Waals surface area contributed by atoms with Crippen molar-refractivity contribution < 1.29 is 9.53 Å². The predicted octanol–water partition coefficient (Wildman–Crippen LogP) is 2.39. The maximum atomic E-state index is 12.2. The van der Waals surface area contributed by atoms with Crippen LogP contribution in [-0.2, 0) is 22.7 Å². The van der Waals surface area contributed by atoms with Crippen molar-refractivity contribution in [2.75, 3.05) is 13.7 Å². The number of amides is 1. The van der Waals surface area contributed by atoms with Gasteiger partial charge in [0.2, 0.25) is 10.9 Å². The fraction of sp³-hybridized carbons (Fsp3) is 0.667. The molecule has 1 atom stereocenters. The number of aryl methyl sites for hydroxylation is 1. The summed E-state index contributed by atoms with van der Waals surface area (Å²) >= 11 is 1.54. The zero-order valence-electron chi connectivity index (χ0n) is 13.3. The first kappa shape index (κ1) is 15.4. The Morgan fingerprint density at radius 3 is 3.00 bits per heavy atom. The van der Waals surface area contributed by atoms with Crippen LogP contribution < -0.4 is 0 Å². The van der Waals surface area contributed by atoms with Crippen molar-refractivity contribution in [1.82, 2.24) is 19.5 Å². The zero-order chi connectivity index (χ0) is 15.7. The van der Waals surface area contributed by atoms with Crippen molar-refractivity contribution in [1.29, 1.82) is 0 Å². The van der Waals surface area contributed by atoms with Crippen LogP contribution in [0.4, 0.5) is 0 Å². The lowest BCUT2D eigenvalue weighted by Crippen LogP contribution is -2.25. The van der Waals surface area contributed by atoms with Crippen LogP contribution in [-0.4, -0.2) is 39.1 Å². The molecule has 2 aromatic rings. The minimum absolute atomic E-state index is 0.250. The maximum Gasteiger partial charge on any atom is 0.223 e. The van der Waals surface area contributed by atoms with E-state index in [1.165, 1.54) is 11.3 Å². The summed E-state index contributed by atoms with van der Waals surface area (Å²) in [6.07, 6.45) is 2.94. The molecule has 1 amide bonds. The summed E-state index contributed by atoms with van der Waals surface area (Å²) in [7, 11) is 1.66. The Labute approximate surface area is 134 Å². The molecule has 0 spiro atoms. The highest BCUT2D eigenvalue weighted by Crippen LogP contribution is 2.26. The molecule has 1 aliphatic heterocycles. The molecule has 0 N–H and O–H groups in total. The first-order chi connectivity index (χ1) is 10.6. The Balaban J connectivity index is 1.81. The Hall–Kier alpha value is -1.47. The van der Waals surface area contributed by atoms with Gasteiger partial charge in [0.25, 0.3) is 0 Å². The number of aromatic nitrogens is 3. The average molecular weight is 322 g/mol. The minimum atomic E-state index is 0.250. The van der Waals surface area contributed by atoms with Crippen LogP contribution in [0.2, 0.25) is 0 Å². The molecule has 1 aliphatic rings. The molecule has 1 fully saturated rings. The van der Waals surface area contributed by atoms with Crippen LogP contribution in [0.3, 0.4) is 0 Å². The lowest BCUT2D eigenvalue weighted by atomic mass is 10.0. The highest BCUT2D eigenvalue weighted by atomic mass is 32.1. The van der Waals surface area contributed by atoms with Gasteiger partial charge in [-0.05, 0) is 19.3 Å². The minimum Gasteiger partial charge on any atom is -0.377 e. The zero-order valence-corrected chi connectivity index (χ0v) is 14.2. The second kappa shape index (κ2) is 6.34. The van der Waals surface area contributed by atoms with Gasteiger partial charge in [0.1, 0.15) is 5.01 Å². The normalized spacial score (nSPS) is 18.8. The third-order valence-electron chi connectivity index (χ3n) is 4.14. The number of imidazole rings is 1. The molecule has 0 saturated carbocycles. The van der Waals surface area contributed by atoms with Gasteiger partial charge in [-0.2, -0.15) is 5.10 Å². The average Bonchev–Trinajstić information content (AvgIpc) is 3.08. The summed E-state index contributed by atoms with van der Waals surface area (Å²) in [5.41, 5.74) is 1.97. The summed E-state index contributed by atoms with van der Waals surface area (Å²) in [6, 6.07) is 0. The number of rotatable bonds is 6. The monoisotopic (exact) mass is 322 g/mol. The van der Waals surface area contributed by atoms with E-state index in [-0.39, 0.29) is 5.91 Å². The van der Waals surface area contributed by atoms with Crippen LogP contribution in [0.15, 0.2) is 0 Å². The van der Waals surface area contributed by atoms with Crippen molar-refractivity contribution in [3.63, 3.8) is 0 Å². The number of hydrogen-bond donors (Lipinski definition) is 0. The molecular formula is C15H22N4O2S. The largest absolute Gasteiger partial charge is 0.377 e. The lowest BCUT2D eigenvalue weighted by Gasteiger charge is -2.16. The van der Waals surface area contributed by atoms with Crippen molar-refractivity contribution in [2.45, 2.75) is 46.3 Å². The van der Waals surface area contributed by atoms with Crippen molar-refractivity contribution in [3.05, 3.63) is 16.4 Å². The van der Waals surface area contributed by atoms with Gasteiger partial charge in [-0.25, -0.2) is 9.50 Å². The van der Waals surface area contributed by atoms with Gasteiger partial charge in [0, 0.05) is 20.1 Å². The topological polar surface area (TPSA) is 59.7 Å². The standard InChI is InChI=1S/C15H22N4O2S/c1-4-5-11-6-14(20)18(7-11)8-12-10(2)16-15-19(12)17-13(22-15)9-21-3/h11H,4-9H2,1-3H3. The molecule has 3 rings (SSSR count). The Morgan fingerprint density at radius 2 is 2.27 bits per heavy atom. The third kappa shape index (κ3) is 2.87. The molecule has 0 radical (unpaired) electrons. The van der Waals surface area contributed by atoms with E-state index in [1.54, 1.807) is 7.11 Å². The van der Waals surface area contributed by atoms with E-state index in [9.17, 15) is 4.79 Å². The van der Waals surface area contributed by atoms with Crippen LogP contribution in [0.25, 0.3) is 4.96 Å². The summed E-state index contributed by atoms with van der Waals surface area (Å²) in [5, 5.41) is 5.46. The highest BCUT2D eigenvalue weighted by molar-refractivity contribution is 7.16. The van der Waals surface area contributed by atoms with Gasteiger partial charge < -0.3 is 9.64 Å². The molecule has 22 heavy (non-hydrogen) atoms. The Morgan fingerprint density at radius 1 is 1.45 bits per heavy atom. The molecule has 1 unspecified atom stereocenters. The second-order valence-corrected chi connectivity index (χ2v) is 6.94. The number of carbonyl (C=O) groups excluding carboxylic acids is 1. The third-order valence-corrected chi connectivity index (χ3v) is 5.02. The molecule has 0 bridgehead atoms. The fourth-order valence-corrected chi connectivity index (χ4v) is 4.01. The smallest absolute Gasteiger partial charge is 0.223 e. The van der Waals surface area contributed by atoms with Gasteiger partial charge in [-0.3, -0.25) is 4.79 Å².